The summed E-state index contributed by atoms with van der Waals surface area (Å²) in [6, 6.07) is 4.21. The SMILES string of the molecule is CNCC(C)C(=O)N(Cc1ccco1)C1CC1. The molecule has 0 aromatic carbocycles. The zero-order valence-corrected chi connectivity index (χ0v) is 10.5. The fourth-order valence-corrected chi connectivity index (χ4v) is 2.02. The minimum absolute atomic E-state index is 0.0237. The van der Waals surface area contributed by atoms with Crippen LogP contribution < -0.4 is 5.32 Å². The summed E-state index contributed by atoms with van der Waals surface area (Å²) in [4.78, 5) is 14.2. The average Bonchev–Trinajstić information content (AvgIpc) is 3.03. The van der Waals surface area contributed by atoms with Gasteiger partial charge in [0.05, 0.1) is 12.8 Å². The molecule has 17 heavy (non-hydrogen) atoms. The van der Waals surface area contributed by atoms with Gasteiger partial charge in [-0.2, -0.15) is 0 Å². The van der Waals surface area contributed by atoms with Gasteiger partial charge in [0, 0.05) is 18.5 Å². The van der Waals surface area contributed by atoms with Gasteiger partial charge >= 0.3 is 0 Å². The van der Waals surface area contributed by atoms with Crippen LogP contribution in [0.25, 0.3) is 0 Å². The summed E-state index contributed by atoms with van der Waals surface area (Å²) >= 11 is 0. The second-order valence-electron chi connectivity index (χ2n) is 4.74. The van der Waals surface area contributed by atoms with Crippen LogP contribution in [0.4, 0.5) is 0 Å². The van der Waals surface area contributed by atoms with Crippen LogP contribution in [0.3, 0.4) is 0 Å². The smallest absolute Gasteiger partial charge is 0.227 e. The molecule has 2 rings (SSSR count). The number of carbonyl (C=O) groups is 1. The highest BCUT2D eigenvalue weighted by molar-refractivity contribution is 5.79. The Morgan fingerprint density at radius 2 is 2.41 bits per heavy atom. The lowest BCUT2D eigenvalue weighted by Crippen LogP contribution is -2.39. The molecule has 0 saturated heterocycles. The van der Waals surface area contributed by atoms with E-state index < -0.39 is 0 Å². The molecule has 1 unspecified atom stereocenters. The van der Waals surface area contributed by atoms with Crippen molar-refractivity contribution < 1.29 is 9.21 Å². The Kier molecular flexibility index (Phi) is 3.84. The summed E-state index contributed by atoms with van der Waals surface area (Å²) in [6.07, 6.45) is 3.90. The fourth-order valence-electron chi connectivity index (χ4n) is 2.02. The molecule has 1 aromatic rings. The monoisotopic (exact) mass is 236 g/mol. The quantitative estimate of drug-likeness (QED) is 0.816. The van der Waals surface area contributed by atoms with Gasteiger partial charge in [-0.3, -0.25) is 4.79 Å². The Balaban J connectivity index is 1.99. The summed E-state index contributed by atoms with van der Waals surface area (Å²) in [7, 11) is 1.87. The van der Waals surface area contributed by atoms with Gasteiger partial charge in [-0.25, -0.2) is 0 Å². The highest BCUT2D eigenvalue weighted by Crippen LogP contribution is 2.29. The molecule has 1 heterocycles. The van der Waals surface area contributed by atoms with E-state index in [1.54, 1.807) is 6.26 Å². The standard InChI is InChI=1S/C13H20N2O2/c1-10(8-14-2)13(16)15(11-5-6-11)9-12-4-3-7-17-12/h3-4,7,10-11,14H,5-6,8-9H2,1-2H3. The molecule has 0 radical (unpaired) electrons. The normalized spacial score (nSPS) is 16.8. The number of hydrogen-bond acceptors (Lipinski definition) is 3. The lowest BCUT2D eigenvalue weighted by molar-refractivity contribution is -0.136. The molecule has 0 aliphatic heterocycles. The molecule has 4 heteroatoms. The van der Waals surface area contributed by atoms with E-state index in [0.29, 0.717) is 12.6 Å². The van der Waals surface area contributed by atoms with Gasteiger partial charge in [0.15, 0.2) is 0 Å². The predicted octanol–water partition coefficient (Wildman–Crippen LogP) is 1.63. The molecule has 1 amide bonds. The second kappa shape index (κ2) is 5.36. The molecule has 1 N–H and O–H groups in total. The van der Waals surface area contributed by atoms with Crippen molar-refractivity contribution in [1.29, 1.82) is 0 Å². The van der Waals surface area contributed by atoms with Crippen molar-refractivity contribution in [3.63, 3.8) is 0 Å². The highest BCUT2D eigenvalue weighted by atomic mass is 16.3. The Morgan fingerprint density at radius 3 is 2.94 bits per heavy atom. The Morgan fingerprint density at radius 1 is 1.65 bits per heavy atom. The first-order valence-corrected chi connectivity index (χ1v) is 6.20. The fraction of sp³-hybridized carbons (Fsp3) is 0.615. The molecule has 1 aliphatic rings. The third kappa shape index (κ3) is 3.09. The Hall–Kier alpha value is -1.29. The van der Waals surface area contributed by atoms with Crippen molar-refractivity contribution in [2.24, 2.45) is 5.92 Å². The molecular formula is C13H20N2O2. The van der Waals surface area contributed by atoms with E-state index in [1.807, 2.05) is 31.0 Å². The maximum atomic E-state index is 12.3. The maximum Gasteiger partial charge on any atom is 0.227 e. The number of rotatable bonds is 6. The summed E-state index contributed by atoms with van der Waals surface area (Å²) in [6.45, 7) is 3.29. The van der Waals surface area contributed by atoms with E-state index in [0.717, 1.165) is 25.1 Å². The van der Waals surface area contributed by atoms with E-state index in [1.165, 1.54) is 0 Å². The topological polar surface area (TPSA) is 45.5 Å². The van der Waals surface area contributed by atoms with Crippen LogP contribution in [0.5, 0.6) is 0 Å². The number of furan rings is 1. The van der Waals surface area contributed by atoms with Gasteiger partial charge in [-0.05, 0) is 32.0 Å². The third-order valence-electron chi connectivity index (χ3n) is 3.11. The maximum absolute atomic E-state index is 12.3. The first kappa shape index (κ1) is 12.2. The number of nitrogens with one attached hydrogen (secondary N) is 1. The van der Waals surface area contributed by atoms with Crippen molar-refractivity contribution in [1.82, 2.24) is 10.2 Å². The van der Waals surface area contributed by atoms with E-state index in [-0.39, 0.29) is 11.8 Å². The van der Waals surface area contributed by atoms with Crippen LogP contribution in [0.1, 0.15) is 25.5 Å². The van der Waals surface area contributed by atoms with Crippen molar-refractivity contribution in [3.8, 4) is 0 Å². The summed E-state index contributed by atoms with van der Waals surface area (Å²) in [5.41, 5.74) is 0. The summed E-state index contributed by atoms with van der Waals surface area (Å²) in [5.74, 6) is 1.11. The molecule has 1 aromatic heterocycles. The lowest BCUT2D eigenvalue weighted by atomic mass is 10.1. The van der Waals surface area contributed by atoms with Crippen LogP contribution in [-0.4, -0.2) is 30.4 Å². The molecule has 0 bridgehead atoms. The number of carbonyl (C=O) groups excluding carboxylic acids is 1. The lowest BCUT2D eigenvalue weighted by Gasteiger charge is -2.24. The van der Waals surface area contributed by atoms with Gasteiger partial charge in [0.25, 0.3) is 0 Å². The van der Waals surface area contributed by atoms with Gasteiger partial charge in [-0.15, -0.1) is 0 Å². The van der Waals surface area contributed by atoms with Crippen LogP contribution in [0.2, 0.25) is 0 Å². The van der Waals surface area contributed by atoms with Crippen molar-refractivity contribution in [3.05, 3.63) is 24.2 Å². The molecule has 1 aliphatic carbocycles. The van der Waals surface area contributed by atoms with Crippen molar-refractivity contribution in [2.45, 2.75) is 32.4 Å². The first-order valence-electron chi connectivity index (χ1n) is 6.20. The molecule has 1 atom stereocenters. The predicted molar refractivity (Wildman–Crippen MR) is 65.4 cm³/mol. The van der Waals surface area contributed by atoms with Crippen molar-refractivity contribution in [2.75, 3.05) is 13.6 Å². The zero-order valence-electron chi connectivity index (χ0n) is 10.5. The van der Waals surface area contributed by atoms with Gasteiger partial charge in [0.2, 0.25) is 5.91 Å². The Bertz CT molecular complexity index is 358. The third-order valence-corrected chi connectivity index (χ3v) is 3.11. The largest absolute Gasteiger partial charge is 0.467 e. The van der Waals surface area contributed by atoms with Gasteiger partial charge in [-0.1, -0.05) is 6.92 Å². The summed E-state index contributed by atoms with van der Waals surface area (Å²) < 4.78 is 5.32. The van der Waals surface area contributed by atoms with E-state index in [4.69, 9.17) is 4.42 Å². The van der Waals surface area contributed by atoms with Crippen LogP contribution >= 0.6 is 0 Å². The zero-order chi connectivity index (χ0) is 12.3. The molecule has 4 nitrogen and oxygen atoms in total. The minimum Gasteiger partial charge on any atom is -0.467 e. The molecular weight excluding hydrogens is 216 g/mol. The van der Waals surface area contributed by atoms with Crippen LogP contribution in [-0.2, 0) is 11.3 Å². The Labute approximate surface area is 102 Å². The molecule has 1 saturated carbocycles. The number of hydrogen-bond donors (Lipinski definition) is 1. The molecule has 94 valence electrons. The van der Waals surface area contributed by atoms with E-state index >= 15 is 0 Å². The van der Waals surface area contributed by atoms with Gasteiger partial charge < -0.3 is 14.6 Å². The highest BCUT2D eigenvalue weighted by Gasteiger charge is 2.34. The first-order chi connectivity index (χ1) is 8.22. The summed E-state index contributed by atoms with van der Waals surface area (Å²) in [5, 5.41) is 3.05. The van der Waals surface area contributed by atoms with Crippen molar-refractivity contribution >= 4 is 5.91 Å². The van der Waals surface area contributed by atoms with Crippen LogP contribution in [0, 0.1) is 5.92 Å². The average molecular weight is 236 g/mol. The van der Waals surface area contributed by atoms with Crippen LogP contribution in [0.15, 0.2) is 22.8 Å². The number of amides is 1. The minimum atomic E-state index is 0.0237. The van der Waals surface area contributed by atoms with Gasteiger partial charge in [0.1, 0.15) is 5.76 Å². The number of nitrogens with zero attached hydrogens (tertiary/aromatic N) is 1. The van der Waals surface area contributed by atoms with E-state index in [9.17, 15) is 4.79 Å². The van der Waals surface area contributed by atoms with E-state index in [2.05, 4.69) is 5.32 Å². The second-order valence-corrected chi connectivity index (χ2v) is 4.74. The molecule has 0 spiro atoms. The molecule has 1 fully saturated rings.